The molecule has 0 nitrogen and oxygen atoms in total. The summed E-state index contributed by atoms with van der Waals surface area (Å²) in [5.74, 6) is -0.206. The zero-order chi connectivity index (χ0) is 9.26. The summed E-state index contributed by atoms with van der Waals surface area (Å²) in [6, 6.07) is 8.40. The number of hydrogen-bond donors (Lipinski definition) is 0. The summed E-state index contributed by atoms with van der Waals surface area (Å²) in [5, 5.41) is 0. The van der Waals surface area contributed by atoms with Crippen LogP contribution in [0.5, 0.6) is 0 Å². The van der Waals surface area contributed by atoms with Crippen molar-refractivity contribution >= 4 is 32.9 Å². The van der Waals surface area contributed by atoms with Crippen LogP contribution in [0.1, 0.15) is 0 Å². The smallest absolute Gasteiger partial charge is 0.123 e. The van der Waals surface area contributed by atoms with Crippen LogP contribution in [-0.4, -0.2) is 0 Å². The minimum absolute atomic E-state index is 0.206. The second kappa shape index (κ2) is 3.65. The number of rotatable bonds is 1. The van der Waals surface area contributed by atoms with Crippen LogP contribution in [0.2, 0.25) is 0 Å². The molecule has 2 aromatic rings. The molecule has 1 heterocycles. The summed E-state index contributed by atoms with van der Waals surface area (Å²) in [5.41, 5.74) is 1.03. The molecule has 0 saturated carbocycles. The van der Waals surface area contributed by atoms with Gasteiger partial charge in [-0.3, -0.25) is 0 Å². The molecule has 0 bridgehead atoms. The second-order valence-corrected chi connectivity index (χ2v) is 5.41. The van der Waals surface area contributed by atoms with E-state index < -0.39 is 0 Å². The molecule has 2 rings (SSSR count). The Morgan fingerprint density at radius 1 is 1.08 bits per heavy atom. The number of hydrogen-bond acceptors (Lipinski definition) is 3. The van der Waals surface area contributed by atoms with Gasteiger partial charge in [0.15, 0.2) is 0 Å². The van der Waals surface area contributed by atoms with Gasteiger partial charge in [0, 0.05) is 4.88 Å². The molecule has 0 spiro atoms. The molecule has 1 aromatic heterocycles. The molecular weight excluding hydrogens is 223 g/mol. The van der Waals surface area contributed by atoms with E-state index in [1.165, 1.54) is 12.1 Å². The Morgan fingerprint density at radius 2 is 1.77 bits per heavy atom. The third-order valence-corrected chi connectivity index (χ3v) is 4.50. The monoisotopic (exact) mass is 228 g/mol. The van der Waals surface area contributed by atoms with Crippen molar-refractivity contribution in [2.45, 2.75) is 0 Å². The predicted molar refractivity (Wildman–Crippen MR) is 58.4 cm³/mol. The minimum Gasteiger partial charge on any atom is -0.207 e. The molecule has 0 N–H and O–H groups in total. The molecule has 0 unspecified atom stereocenters. The maximum absolute atomic E-state index is 12.6. The fraction of sp³-hybridized carbons (Fsp3) is 0. The van der Waals surface area contributed by atoms with E-state index in [9.17, 15) is 4.39 Å². The van der Waals surface area contributed by atoms with Gasteiger partial charge in [0.1, 0.15) is 9.64 Å². The van der Waals surface area contributed by atoms with Gasteiger partial charge in [0.25, 0.3) is 0 Å². The van der Waals surface area contributed by atoms with E-state index >= 15 is 0 Å². The highest BCUT2D eigenvalue weighted by Gasteiger charge is 1.99. The molecule has 13 heavy (non-hydrogen) atoms. The number of benzene rings is 1. The average Bonchev–Trinajstić information content (AvgIpc) is 2.53. The van der Waals surface area contributed by atoms with E-state index in [4.69, 9.17) is 12.2 Å². The average molecular weight is 228 g/mol. The third-order valence-electron chi connectivity index (χ3n) is 1.59. The molecule has 1 aromatic carbocycles. The van der Waals surface area contributed by atoms with Gasteiger partial charge in [-0.1, -0.05) is 45.0 Å². The maximum Gasteiger partial charge on any atom is 0.123 e. The first kappa shape index (κ1) is 8.99. The van der Waals surface area contributed by atoms with Crippen LogP contribution in [0.25, 0.3) is 10.4 Å². The van der Waals surface area contributed by atoms with Gasteiger partial charge < -0.3 is 0 Å². The summed E-state index contributed by atoms with van der Waals surface area (Å²) < 4.78 is 13.5. The Kier molecular flexibility index (Phi) is 2.53. The SMILES string of the molecule is Fc1ccc(-c2cc(=S)ss2)cc1. The van der Waals surface area contributed by atoms with Crippen molar-refractivity contribution in [3.05, 3.63) is 40.0 Å². The summed E-state index contributed by atoms with van der Waals surface area (Å²) in [6.45, 7) is 0. The summed E-state index contributed by atoms with van der Waals surface area (Å²) in [7, 11) is 3.19. The van der Waals surface area contributed by atoms with Crippen LogP contribution < -0.4 is 0 Å². The molecule has 0 aliphatic heterocycles. The normalized spacial score (nSPS) is 10.2. The zero-order valence-corrected chi connectivity index (χ0v) is 8.94. The van der Waals surface area contributed by atoms with Crippen molar-refractivity contribution < 1.29 is 4.39 Å². The van der Waals surface area contributed by atoms with Gasteiger partial charge in [0.2, 0.25) is 0 Å². The van der Waals surface area contributed by atoms with Crippen molar-refractivity contribution in [1.29, 1.82) is 0 Å². The fourth-order valence-electron chi connectivity index (χ4n) is 0.987. The van der Waals surface area contributed by atoms with E-state index in [0.29, 0.717) is 0 Å². The largest absolute Gasteiger partial charge is 0.207 e. The lowest BCUT2D eigenvalue weighted by atomic mass is 10.2. The Labute approximate surface area is 87.7 Å². The number of halogens is 1. The van der Waals surface area contributed by atoms with Crippen LogP contribution in [0.3, 0.4) is 0 Å². The van der Waals surface area contributed by atoms with Crippen molar-refractivity contribution in [3.8, 4) is 10.4 Å². The molecular formula is C9H5FS3. The lowest BCUT2D eigenvalue weighted by molar-refractivity contribution is 0.628. The Bertz CT molecular complexity index is 452. The van der Waals surface area contributed by atoms with Crippen molar-refractivity contribution in [2.75, 3.05) is 0 Å². The van der Waals surface area contributed by atoms with E-state index in [1.54, 1.807) is 32.8 Å². The molecule has 0 aliphatic rings. The molecule has 0 radical (unpaired) electrons. The van der Waals surface area contributed by atoms with Gasteiger partial charge in [-0.25, -0.2) is 4.39 Å². The lowest BCUT2D eigenvalue weighted by Crippen LogP contribution is -1.73. The van der Waals surface area contributed by atoms with Crippen LogP contribution in [0.15, 0.2) is 30.3 Å². The quantitative estimate of drug-likeness (QED) is 0.516. The van der Waals surface area contributed by atoms with Crippen molar-refractivity contribution in [1.82, 2.24) is 0 Å². The second-order valence-electron chi connectivity index (χ2n) is 2.50. The summed E-state index contributed by atoms with van der Waals surface area (Å²) in [6.07, 6.45) is 0. The third kappa shape index (κ3) is 2.02. The predicted octanol–water partition coefficient (Wildman–Crippen LogP) is 4.35. The molecule has 0 saturated heterocycles. The molecule has 4 heteroatoms. The highest BCUT2D eigenvalue weighted by atomic mass is 32.9. The van der Waals surface area contributed by atoms with Crippen LogP contribution in [-0.2, 0) is 0 Å². The maximum atomic E-state index is 12.6. The summed E-state index contributed by atoms with van der Waals surface area (Å²) >= 11 is 5.01. The van der Waals surface area contributed by atoms with Gasteiger partial charge in [0.05, 0.1) is 0 Å². The van der Waals surface area contributed by atoms with Crippen LogP contribution in [0.4, 0.5) is 4.39 Å². The molecule has 0 atom stereocenters. The van der Waals surface area contributed by atoms with E-state index in [2.05, 4.69) is 0 Å². The fourth-order valence-corrected chi connectivity index (χ4v) is 3.39. The standard InChI is InChI=1S/C9H5FS3/c10-7-3-1-6(2-4-7)8-5-9(11)13-12-8/h1-5H. The van der Waals surface area contributed by atoms with Gasteiger partial charge in [-0.2, -0.15) is 0 Å². The first-order chi connectivity index (χ1) is 6.25. The van der Waals surface area contributed by atoms with Crippen molar-refractivity contribution in [2.24, 2.45) is 0 Å². The molecule has 0 aliphatic carbocycles. The van der Waals surface area contributed by atoms with Gasteiger partial charge in [-0.05, 0) is 23.8 Å². The van der Waals surface area contributed by atoms with Gasteiger partial charge in [-0.15, -0.1) is 0 Å². The Morgan fingerprint density at radius 3 is 2.31 bits per heavy atom. The molecule has 0 fully saturated rings. The lowest BCUT2D eigenvalue weighted by Gasteiger charge is -1.94. The molecule has 66 valence electrons. The highest BCUT2D eigenvalue weighted by molar-refractivity contribution is 7.80. The van der Waals surface area contributed by atoms with Crippen LogP contribution in [0, 0.1) is 9.64 Å². The Balaban J connectivity index is 2.47. The van der Waals surface area contributed by atoms with Crippen LogP contribution >= 0.6 is 32.9 Å². The van der Waals surface area contributed by atoms with E-state index in [0.717, 1.165) is 14.3 Å². The first-order valence-corrected chi connectivity index (χ1v) is 6.17. The molecule has 0 amide bonds. The first-order valence-electron chi connectivity index (χ1n) is 3.62. The van der Waals surface area contributed by atoms with Gasteiger partial charge >= 0.3 is 0 Å². The summed E-state index contributed by atoms with van der Waals surface area (Å²) in [4.78, 5) is 1.11. The van der Waals surface area contributed by atoms with Crippen molar-refractivity contribution in [3.63, 3.8) is 0 Å². The zero-order valence-electron chi connectivity index (χ0n) is 6.49. The topological polar surface area (TPSA) is 0 Å². The van der Waals surface area contributed by atoms with E-state index in [-0.39, 0.29) is 5.82 Å². The minimum atomic E-state index is -0.206. The van der Waals surface area contributed by atoms with E-state index in [1.807, 2.05) is 6.07 Å². The highest BCUT2D eigenvalue weighted by Crippen LogP contribution is 2.29. The Hall–Kier alpha value is -0.580.